The third-order valence-electron chi connectivity index (χ3n) is 2.93. The molecule has 1 aromatic carbocycles. The molecule has 2 unspecified atom stereocenters. The number of benzene rings is 1. The Kier molecular flexibility index (Phi) is 8.14. The van der Waals surface area contributed by atoms with Crippen molar-refractivity contribution in [2.75, 3.05) is 26.0 Å². The molecule has 2 atom stereocenters. The van der Waals surface area contributed by atoms with Gasteiger partial charge in [0.2, 0.25) is 0 Å². The number of hydrogen-bond acceptors (Lipinski definition) is 3. The molecular formula is C15H25NOS. The highest BCUT2D eigenvalue weighted by atomic mass is 32.2. The van der Waals surface area contributed by atoms with Gasteiger partial charge in [-0.25, -0.2) is 0 Å². The molecule has 0 aliphatic rings. The minimum atomic E-state index is 0.434. The van der Waals surface area contributed by atoms with Crippen molar-refractivity contribution >= 4 is 11.8 Å². The van der Waals surface area contributed by atoms with E-state index in [9.17, 15) is 0 Å². The predicted molar refractivity (Wildman–Crippen MR) is 81.3 cm³/mol. The number of methoxy groups -OCH3 is 1. The minimum absolute atomic E-state index is 0.434. The van der Waals surface area contributed by atoms with Gasteiger partial charge in [0, 0.05) is 25.0 Å². The molecule has 0 heterocycles. The molecule has 0 spiro atoms. The van der Waals surface area contributed by atoms with E-state index in [1.165, 1.54) is 5.56 Å². The van der Waals surface area contributed by atoms with Crippen molar-refractivity contribution in [2.24, 2.45) is 0 Å². The molecule has 18 heavy (non-hydrogen) atoms. The molecule has 102 valence electrons. The summed E-state index contributed by atoms with van der Waals surface area (Å²) in [6.45, 7) is 6.33. The lowest BCUT2D eigenvalue weighted by Gasteiger charge is -2.25. The first-order valence-corrected chi connectivity index (χ1v) is 7.73. The first kappa shape index (κ1) is 15.5. The summed E-state index contributed by atoms with van der Waals surface area (Å²) in [5.74, 6) is 1.16. The summed E-state index contributed by atoms with van der Waals surface area (Å²) in [5, 5.41) is 4.16. The Hall–Kier alpha value is -0.510. The highest BCUT2D eigenvalue weighted by Crippen LogP contribution is 2.26. The van der Waals surface area contributed by atoms with Crippen LogP contribution in [0.15, 0.2) is 30.3 Å². The van der Waals surface area contributed by atoms with E-state index in [1.54, 1.807) is 7.11 Å². The summed E-state index contributed by atoms with van der Waals surface area (Å²) < 4.78 is 5.09. The van der Waals surface area contributed by atoms with Crippen LogP contribution in [0.25, 0.3) is 0 Å². The lowest BCUT2D eigenvalue weighted by Crippen LogP contribution is -2.28. The van der Waals surface area contributed by atoms with Crippen molar-refractivity contribution in [1.82, 2.24) is 5.32 Å². The number of hydrogen-bond donors (Lipinski definition) is 1. The second-order valence-corrected chi connectivity index (χ2v) is 5.85. The van der Waals surface area contributed by atoms with Crippen LogP contribution in [0.3, 0.4) is 0 Å². The van der Waals surface area contributed by atoms with Crippen LogP contribution >= 0.6 is 11.8 Å². The van der Waals surface area contributed by atoms with E-state index in [-0.39, 0.29) is 0 Å². The van der Waals surface area contributed by atoms with Gasteiger partial charge in [0.15, 0.2) is 0 Å². The molecule has 0 radical (unpaired) electrons. The third kappa shape index (κ3) is 5.42. The van der Waals surface area contributed by atoms with E-state index < -0.39 is 0 Å². The fourth-order valence-electron chi connectivity index (χ4n) is 2.00. The zero-order chi connectivity index (χ0) is 13.2. The Morgan fingerprint density at radius 1 is 1.28 bits per heavy atom. The summed E-state index contributed by atoms with van der Waals surface area (Å²) in [7, 11) is 1.76. The van der Waals surface area contributed by atoms with Gasteiger partial charge in [-0.1, -0.05) is 44.2 Å². The molecular weight excluding hydrogens is 242 g/mol. The van der Waals surface area contributed by atoms with Crippen molar-refractivity contribution in [3.05, 3.63) is 35.9 Å². The van der Waals surface area contributed by atoms with Crippen molar-refractivity contribution in [2.45, 2.75) is 31.6 Å². The first-order valence-electron chi connectivity index (χ1n) is 6.68. The quantitative estimate of drug-likeness (QED) is 0.692. The number of ether oxygens (including phenoxy) is 1. The molecule has 3 heteroatoms. The van der Waals surface area contributed by atoms with Crippen molar-refractivity contribution in [3.8, 4) is 0 Å². The van der Waals surface area contributed by atoms with E-state index in [0.717, 1.165) is 25.3 Å². The Labute approximate surface area is 116 Å². The topological polar surface area (TPSA) is 21.3 Å². The van der Waals surface area contributed by atoms with E-state index in [4.69, 9.17) is 4.74 Å². The maximum absolute atomic E-state index is 5.09. The van der Waals surface area contributed by atoms with Crippen molar-refractivity contribution in [3.63, 3.8) is 0 Å². The van der Waals surface area contributed by atoms with Gasteiger partial charge in [0.05, 0.1) is 0 Å². The summed E-state index contributed by atoms with van der Waals surface area (Å²) in [5.41, 5.74) is 1.38. The van der Waals surface area contributed by atoms with Crippen LogP contribution in [-0.4, -0.2) is 31.3 Å². The third-order valence-corrected chi connectivity index (χ3v) is 4.25. The van der Waals surface area contributed by atoms with Gasteiger partial charge in [-0.15, -0.1) is 0 Å². The van der Waals surface area contributed by atoms with Crippen LogP contribution in [0.1, 0.15) is 31.9 Å². The molecule has 0 aliphatic carbocycles. The van der Waals surface area contributed by atoms with Crippen LogP contribution in [0.2, 0.25) is 0 Å². The predicted octanol–water partition coefficient (Wildman–Crippen LogP) is 3.50. The van der Waals surface area contributed by atoms with Crippen LogP contribution < -0.4 is 5.32 Å². The number of thioether (sulfide) groups is 1. The number of nitrogens with one attached hydrogen (secondary N) is 1. The first-order chi connectivity index (χ1) is 8.79. The Balaban J connectivity index is 2.50. The summed E-state index contributed by atoms with van der Waals surface area (Å²) in [6, 6.07) is 11.1. The van der Waals surface area contributed by atoms with Crippen LogP contribution in [-0.2, 0) is 4.74 Å². The van der Waals surface area contributed by atoms with Crippen LogP contribution in [0.5, 0.6) is 0 Å². The summed E-state index contributed by atoms with van der Waals surface area (Å²) in [4.78, 5) is 0. The largest absolute Gasteiger partial charge is 0.385 e. The van der Waals surface area contributed by atoms with Crippen LogP contribution in [0, 0.1) is 0 Å². The van der Waals surface area contributed by atoms with Gasteiger partial charge in [0.1, 0.15) is 0 Å². The molecule has 1 rings (SSSR count). The van der Waals surface area contributed by atoms with Gasteiger partial charge in [-0.2, -0.15) is 11.8 Å². The van der Waals surface area contributed by atoms with Gasteiger partial charge < -0.3 is 10.1 Å². The summed E-state index contributed by atoms with van der Waals surface area (Å²) in [6.07, 6.45) is 1.12. The highest BCUT2D eigenvalue weighted by Gasteiger charge is 2.17. The zero-order valence-electron chi connectivity index (χ0n) is 11.7. The maximum atomic E-state index is 5.09. The molecule has 0 bridgehead atoms. The van der Waals surface area contributed by atoms with Gasteiger partial charge in [-0.05, 0) is 24.3 Å². The molecule has 1 aromatic rings. The van der Waals surface area contributed by atoms with Crippen molar-refractivity contribution in [1.29, 1.82) is 0 Å². The number of rotatable bonds is 9. The minimum Gasteiger partial charge on any atom is -0.385 e. The Bertz CT molecular complexity index is 305. The smallest absolute Gasteiger partial charge is 0.0470 e. The SMILES string of the molecule is CCNC(c1ccccc1)C(C)SCCCOC. The molecule has 0 amide bonds. The van der Waals surface area contributed by atoms with E-state index in [1.807, 2.05) is 11.8 Å². The molecule has 0 saturated heterocycles. The standard InChI is InChI=1S/C15H25NOS/c1-4-16-15(14-9-6-5-7-10-14)13(2)18-12-8-11-17-3/h5-7,9-10,13,15-16H,4,8,11-12H2,1-3H3. The molecule has 1 N–H and O–H groups in total. The van der Waals surface area contributed by atoms with E-state index >= 15 is 0 Å². The van der Waals surface area contributed by atoms with Crippen LogP contribution in [0.4, 0.5) is 0 Å². The fraction of sp³-hybridized carbons (Fsp3) is 0.600. The monoisotopic (exact) mass is 267 g/mol. The van der Waals surface area contributed by atoms with E-state index in [2.05, 4.69) is 49.5 Å². The Morgan fingerprint density at radius 3 is 2.61 bits per heavy atom. The average molecular weight is 267 g/mol. The summed E-state index contributed by atoms with van der Waals surface area (Å²) >= 11 is 2.02. The zero-order valence-corrected chi connectivity index (χ0v) is 12.5. The molecule has 0 aliphatic heterocycles. The van der Waals surface area contributed by atoms with E-state index in [0.29, 0.717) is 11.3 Å². The van der Waals surface area contributed by atoms with Gasteiger partial charge in [-0.3, -0.25) is 0 Å². The average Bonchev–Trinajstić information content (AvgIpc) is 2.41. The second-order valence-electron chi connectivity index (χ2n) is 4.37. The lowest BCUT2D eigenvalue weighted by molar-refractivity contribution is 0.200. The van der Waals surface area contributed by atoms with Crippen molar-refractivity contribution < 1.29 is 4.74 Å². The maximum Gasteiger partial charge on any atom is 0.0470 e. The normalized spacial score (nSPS) is 14.4. The molecule has 0 saturated carbocycles. The molecule has 2 nitrogen and oxygen atoms in total. The fourth-order valence-corrected chi connectivity index (χ4v) is 3.11. The van der Waals surface area contributed by atoms with Gasteiger partial charge in [0.25, 0.3) is 0 Å². The molecule has 0 fully saturated rings. The van der Waals surface area contributed by atoms with Gasteiger partial charge >= 0.3 is 0 Å². The Morgan fingerprint density at radius 2 is 2.00 bits per heavy atom. The highest BCUT2D eigenvalue weighted by molar-refractivity contribution is 7.99. The second kappa shape index (κ2) is 9.42. The lowest BCUT2D eigenvalue weighted by atomic mass is 10.0. The molecule has 0 aromatic heterocycles.